The molecule has 23 heavy (non-hydrogen) atoms. The van der Waals surface area contributed by atoms with Gasteiger partial charge >= 0.3 is 5.97 Å². The molecule has 5 nitrogen and oxygen atoms in total. The van der Waals surface area contributed by atoms with Crippen molar-refractivity contribution in [1.29, 1.82) is 0 Å². The number of pyridine rings is 1. The number of hydrogen-bond acceptors (Lipinski definition) is 4. The third kappa shape index (κ3) is 5.54. The van der Waals surface area contributed by atoms with E-state index in [2.05, 4.69) is 9.72 Å². The van der Waals surface area contributed by atoms with Crippen LogP contribution in [0.5, 0.6) is 0 Å². The van der Waals surface area contributed by atoms with Crippen molar-refractivity contribution in [1.82, 2.24) is 9.88 Å². The lowest BCUT2D eigenvalue weighted by Gasteiger charge is -2.22. The van der Waals surface area contributed by atoms with E-state index in [1.165, 1.54) is 7.11 Å². The average Bonchev–Trinajstić information content (AvgIpc) is 2.60. The van der Waals surface area contributed by atoms with E-state index in [0.29, 0.717) is 19.5 Å². The Kier molecular flexibility index (Phi) is 6.29. The smallest absolute Gasteiger partial charge is 0.307 e. The lowest BCUT2D eigenvalue weighted by atomic mass is 10.1. The second-order valence-electron chi connectivity index (χ2n) is 5.12. The summed E-state index contributed by atoms with van der Waals surface area (Å²) in [7, 11) is 1.34. The highest BCUT2D eigenvalue weighted by atomic mass is 16.5. The summed E-state index contributed by atoms with van der Waals surface area (Å²) in [6, 6.07) is 15.1. The normalized spacial score (nSPS) is 10.1. The molecule has 0 N–H and O–H groups in total. The van der Waals surface area contributed by atoms with Gasteiger partial charge < -0.3 is 9.64 Å². The van der Waals surface area contributed by atoms with Gasteiger partial charge in [-0.25, -0.2) is 0 Å². The van der Waals surface area contributed by atoms with Gasteiger partial charge in [0.1, 0.15) is 0 Å². The maximum absolute atomic E-state index is 12.6. The second kappa shape index (κ2) is 8.68. The van der Waals surface area contributed by atoms with Crippen LogP contribution in [0.1, 0.15) is 17.7 Å². The molecule has 0 saturated heterocycles. The topological polar surface area (TPSA) is 59.5 Å². The zero-order valence-corrected chi connectivity index (χ0v) is 13.1. The first kappa shape index (κ1) is 16.7. The van der Waals surface area contributed by atoms with Crippen molar-refractivity contribution in [3.05, 3.63) is 66.0 Å². The minimum atomic E-state index is -0.330. The molecule has 120 valence electrons. The number of carbonyl (C=O) groups is 2. The Morgan fingerprint density at radius 1 is 1.09 bits per heavy atom. The Hall–Kier alpha value is -2.69. The zero-order valence-electron chi connectivity index (χ0n) is 13.1. The molecule has 0 bridgehead atoms. The van der Waals surface area contributed by atoms with E-state index in [0.717, 1.165) is 11.3 Å². The molecule has 0 radical (unpaired) electrons. The number of ether oxygens (including phenoxy) is 1. The largest absolute Gasteiger partial charge is 0.469 e. The Labute approximate surface area is 135 Å². The van der Waals surface area contributed by atoms with Gasteiger partial charge in [-0.3, -0.25) is 14.6 Å². The molecule has 0 saturated carbocycles. The minimum Gasteiger partial charge on any atom is -0.469 e. The monoisotopic (exact) mass is 312 g/mol. The van der Waals surface area contributed by atoms with Crippen LogP contribution in [0.4, 0.5) is 0 Å². The molecular weight excluding hydrogens is 292 g/mol. The van der Waals surface area contributed by atoms with E-state index in [1.54, 1.807) is 11.1 Å². The fourth-order valence-electron chi connectivity index (χ4n) is 2.19. The van der Waals surface area contributed by atoms with Gasteiger partial charge in [-0.1, -0.05) is 36.4 Å². The molecule has 0 atom stereocenters. The van der Waals surface area contributed by atoms with Crippen molar-refractivity contribution in [3.8, 4) is 0 Å². The van der Waals surface area contributed by atoms with Gasteiger partial charge in [-0.05, 0) is 17.7 Å². The van der Waals surface area contributed by atoms with Gasteiger partial charge in [0.05, 0.1) is 32.2 Å². The van der Waals surface area contributed by atoms with Crippen molar-refractivity contribution in [2.45, 2.75) is 19.4 Å². The van der Waals surface area contributed by atoms with Crippen LogP contribution in [0.25, 0.3) is 0 Å². The summed E-state index contributed by atoms with van der Waals surface area (Å²) in [4.78, 5) is 29.8. The zero-order chi connectivity index (χ0) is 16.5. The Morgan fingerprint density at radius 3 is 2.48 bits per heavy atom. The van der Waals surface area contributed by atoms with Crippen molar-refractivity contribution in [2.75, 3.05) is 13.7 Å². The minimum absolute atomic E-state index is 0.0363. The molecule has 2 rings (SSSR count). The number of methoxy groups -OCH3 is 1. The van der Waals surface area contributed by atoms with Gasteiger partial charge in [-0.15, -0.1) is 0 Å². The molecule has 1 heterocycles. The molecule has 0 unspecified atom stereocenters. The predicted molar refractivity (Wildman–Crippen MR) is 86.4 cm³/mol. The SMILES string of the molecule is COC(=O)CCN(Cc1ccccn1)C(=O)Cc1ccccc1. The molecule has 2 aromatic rings. The van der Waals surface area contributed by atoms with Crippen molar-refractivity contribution in [3.63, 3.8) is 0 Å². The van der Waals surface area contributed by atoms with Gasteiger partial charge in [-0.2, -0.15) is 0 Å². The van der Waals surface area contributed by atoms with Crippen LogP contribution in [0.3, 0.4) is 0 Å². The highest BCUT2D eigenvalue weighted by molar-refractivity contribution is 5.79. The maximum atomic E-state index is 12.6. The number of esters is 1. The maximum Gasteiger partial charge on any atom is 0.307 e. The first-order chi connectivity index (χ1) is 11.2. The number of hydrogen-bond donors (Lipinski definition) is 0. The Bertz CT molecular complexity index is 629. The standard InChI is InChI=1S/C18H20N2O3/c1-23-18(22)10-12-20(14-16-9-5-6-11-19-16)17(21)13-15-7-3-2-4-8-15/h2-9,11H,10,12-14H2,1H3. The molecule has 1 aromatic carbocycles. The lowest BCUT2D eigenvalue weighted by Crippen LogP contribution is -2.34. The fourth-order valence-corrected chi connectivity index (χ4v) is 2.19. The van der Waals surface area contributed by atoms with Crippen molar-refractivity contribution >= 4 is 11.9 Å². The molecule has 5 heteroatoms. The van der Waals surface area contributed by atoms with Crippen LogP contribution < -0.4 is 0 Å². The number of nitrogens with zero attached hydrogens (tertiary/aromatic N) is 2. The molecule has 1 amide bonds. The second-order valence-corrected chi connectivity index (χ2v) is 5.12. The molecule has 0 aliphatic heterocycles. The van der Waals surface area contributed by atoms with E-state index in [1.807, 2.05) is 48.5 Å². The van der Waals surface area contributed by atoms with Gasteiger partial charge in [0.25, 0.3) is 0 Å². The van der Waals surface area contributed by atoms with Crippen LogP contribution in [-0.4, -0.2) is 35.4 Å². The van der Waals surface area contributed by atoms with Crippen molar-refractivity contribution < 1.29 is 14.3 Å². The van der Waals surface area contributed by atoms with Gasteiger partial charge in [0, 0.05) is 12.7 Å². The highest BCUT2D eigenvalue weighted by Gasteiger charge is 2.16. The molecule has 0 aliphatic rings. The van der Waals surface area contributed by atoms with Gasteiger partial charge in [0.2, 0.25) is 5.91 Å². The predicted octanol–water partition coefficient (Wildman–Crippen LogP) is 2.22. The number of benzene rings is 1. The number of aromatic nitrogens is 1. The van der Waals surface area contributed by atoms with Crippen molar-refractivity contribution in [2.24, 2.45) is 0 Å². The molecule has 0 fully saturated rings. The quantitative estimate of drug-likeness (QED) is 0.736. The van der Waals surface area contributed by atoms with Crippen LogP contribution in [0.2, 0.25) is 0 Å². The van der Waals surface area contributed by atoms with E-state index < -0.39 is 0 Å². The molecular formula is C18H20N2O3. The van der Waals surface area contributed by atoms with E-state index in [4.69, 9.17) is 0 Å². The Balaban J connectivity index is 2.05. The summed E-state index contributed by atoms with van der Waals surface area (Å²) in [6.45, 7) is 0.693. The van der Waals surface area contributed by atoms with E-state index >= 15 is 0 Å². The summed E-state index contributed by atoms with van der Waals surface area (Å²) >= 11 is 0. The van der Waals surface area contributed by atoms with Crippen LogP contribution in [-0.2, 0) is 27.3 Å². The number of carbonyl (C=O) groups excluding carboxylic acids is 2. The highest BCUT2D eigenvalue weighted by Crippen LogP contribution is 2.08. The van der Waals surface area contributed by atoms with E-state index in [9.17, 15) is 9.59 Å². The molecule has 1 aromatic heterocycles. The van der Waals surface area contributed by atoms with Crippen LogP contribution >= 0.6 is 0 Å². The molecule has 0 spiro atoms. The summed E-state index contributed by atoms with van der Waals surface area (Å²) in [5, 5.41) is 0. The summed E-state index contributed by atoms with van der Waals surface area (Å²) in [5.74, 6) is -0.366. The van der Waals surface area contributed by atoms with E-state index in [-0.39, 0.29) is 18.3 Å². The average molecular weight is 312 g/mol. The molecule has 0 aliphatic carbocycles. The fraction of sp³-hybridized carbons (Fsp3) is 0.278. The summed E-state index contributed by atoms with van der Waals surface area (Å²) in [6.07, 6.45) is 2.16. The lowest BCUT2D eigenvalue weighted by molar-refractivity contribution is -0.141. The number of amides is 1. The first-order valence-corrected chi connectivity index (χ1v) is 7.47. The number of rotatable bonds is 7. The van der Waals surface area contributed by atoms with Crippen LogP contribution in [0, 0.1) is 0 Å². The van der Waals surface area contributed by atoms with Gasteiger partial charge in [0.15, 0.2) is 0 Å². The van der Waals surface area contributed by atoms with Crippen LogP contribution in [0.15, 0.2) is 54.7 Å². The third-order valence-corrected chi connectivity index (χ3v) is 3.44. The summed E-state index contributed by atoms with van der Waals surface area (Å²) in [5.41, 5.74) is 1.74. The first-order valence-electron chi connectivity index (χ1n) is 7.47. The summed E-state index contributed by atoms with van der Waals surface area (Å²) < 4.78 is 4.66. The Morgan fingerprint density at radius 2 is 1.83 bits per heavy atom. The third-order valence-electron chi connectivity index (χ3n) is 3.44.